The van der Waals surface area contributed by atoms with E-state index in [4.69, 9.17) is 11.6 Å². The van der Waals surface area contributed by atoms with Crippen molar-refractivity contribution in [2.75, 3.05) is 0 Å². The molecule has 0 aliphatic carbocycles. The van der Waals surface area contributed by atoms with E-state index in [1.165, 1.54) is 0 Å². The van der Waals surface area contributed by atoms with E-state index in [-0.39, 0.29) is 0 Å². The van der Waals surface area contributed by atoms with Gasteiger partial charge in [0.2, 0.25) is 0 Å². The molecule has 0 amide bonds. The zero-order chi connectivity index (χ0) is 13.2. The average molecular weight is 288 g/mol. The Labute approximate surface area is 119 Å². The summed E-state index contributed by atoms with van der Waals surface area (Å²) in [4.78, 5) is 11.4. The number of carbonyl (C=O) groups is 1. The molecule has 0 saturated carbocycles. The first-order chi connectivity index (χ1) is 9.29. The maximum absolute atomic E-state index is 11.4. The lowest BCUT2D eigenvalue weighted by Crippen LogP contribution is -1.98. The van der Waals surface area contributed by atoms with Crippen molar-refractivity contribution in [3.05, 3.63) is 64.1 Å². The highest BCUT2D eigenvalue weighted by molar-refractivity contribution is 7.08. The number of hydrogen-bond acceptors (Lipinski definition) is 2. The van der Waals surface area contributed by atoms with Gasteiger partial charge in [-0.15, -0.1) is 0 Å². The molecule has 2 heterocycles. The van der Waals surface area contributed by atoms with Crippen LogP contribution in [0.25, 0.3) is 16.8 Å². The molecular weight excluding hydrogens is 278 g/mol. The number of aldehydes is 1. The number of benzene rings is 1. The topological polar surface area (TPSA) is 22.0 Å². The fourth-order valence-corrected chi connectivity index (χ4v) is 2.84. The summed E-state index contributed by atoms with van der Waals surface area (Å²) in [5.41, 5.74) is 3.60. The quantitative estimate of drug-likeness (QED) is 0.642. The van der Waals surface area contributed by atoms with Crippen molar-refractivity contribution in [2.45, 2.75) is 0 Å². The summed E-state index contributed by atoms with van der Waals surface area (Å²) in [6.07, 6.45) is 2.79. The van der Waals surface area contributed by atoms with Crippen LogP contribution < -0.4 is 0 Å². The van der Waals surface area contributed by atoms with Gasteiger partial charge in [0.15, 0.2) is 6.29 Å². The molecule has 0 N–H and O–H groups in total. The van der Waals surface area contributed by atoms with Gasteiger partial charge >= 0.3 is 0 Å². The van der Waals surface area contributed by atoms with Crippen LogP contribution in [0.3, 0.4) is 0 Å². The predicted molar refractivity (Wildman–Crippen MR) is 79.5 cm³/mol. The molecule has 2 nitrogen and oxygen atoms in total. The molecule has 0 saturated heterocycles. The van der Waals surface area contributed by atoms with Gasteiger partial charge in [-0.2, -0.15) is 11.3 Å². The number of rotatable bonds is 3. The van der Waals surface area contributed by atoms with E-state index in [0.717, 1.165) is 23.1 Å². The number of aromatic nitrogens is 1. The van der Waals surface area contributed by atoms with Gasteiger partial charge in [-0.25, -0.2) is 0 Å². The zero-order valence-corrected chi connectivity index (χ0v) is 11.5. The Bertz CT molecular complexity index is 698. The lowest BCUT2D eigenvalue weighted by atomic mass is 10.1. The van der Waals surface area contributed by atoms with Crippen LogP contribution in [-0.2, 0) is 0 Å². The van der Waals surface area contributed by atoms with Crippen molar-refractivity contribution in [3.8, 4) is 16.8 Å². The van der Waals surface area contributed by atoms with Gasteiger partial charge in [0, 0.05) is 22.5 Å². The molecule has 0 aliphatic heterocycles. The van der Waals surface area contributed by atoms with Crippen LogP contribution in [0.2, 0.25) is 5.02 Å². The van der Waals surface area contributed by atoms with E-state index in [2.05, 4.69) is 0 Å². The van der Waals surface area contributed by atoms with Crippen LogP contribution >= 0.6 is 22.9 Å². The highest BCUT2D eigenvalue weighted by Gasteiger charge is 2.11. The summed E-state index contributed by atoms with van der Waals surface area (Å²) < 4.78 is 1.87. The maximum Gasteiger partial charge on any atom is 0.167 e. The first-order valence-electron chi connectivity index (χ1n) is 5.74. The van der Waals surface area contributed by atoms with E-state index in [9.17, 15) is 4.79 Å². The molecule has 0 fully saturated rings. The summed E-state index contributed by atoms with van der Waals surface area (Å²) in [5.74, 6) is 0. The van der Waals surface area contributed by atoms with Crippen molar-refractivity contribution < 1.29 is 4.79 Å². The van der Waals surface area contributed by atoms with Crippen LogP contribution in [0.5, 0.6) is 0 Å². The smallest absolute Gasteiger partial charge is 0.167 e. The van der Waals surface area contributed by atoms with Crippen molar-refractivity contribution in [1.82, 2.24) is 4.57 Å². The second kappa shape index (κ2) is 5.03. The normalized spacial score (nSPS) is 10.6. The second-order valence-electron chi connectivity index (χ2n) is 4.09. The fourth-order valence-electron chi connectivity index (χ4n) is 2.05. The first kappa shape index (κ1) is 12.2. The number of hydrogen-bond donors (Lipinski definition) is 0. The molecule has 0 atom stereocenters. The van der Waals surface area contributed by atoms with E-state index in [0.29, 0.717) is 10.7 Å². The molecule has 94 valence electrons. The molecule has 3 aromatic rings. The molecule has 0 unspecified atom stereocenters. The largest absolute Gasteiger partial charge is 0.314 e. The van der Waals surface area contributed by atoms with E-state index < -0.39 is 0 Å². The first-order valence-corrected chi connectivity index (χ1v) is 7.07. The van der Waals surface area contributed by atoms with Crippen molar-refractivity contribution in [3.63, 3.8) is 0 Å². The Kier molecular flexibility index (Phi) is 3.23. The van der Waals surface area contributed by atoms with Crippen LogP contribution in [0.1, 0.15) is 10.5 Å². The monoisotopic (exact) mass is 287 g/mol. The van der Waals surface area contributed by atoms with Gasteiger partial charge in [0.05, 0.1) is 5.69 Å². The summed E-state index contributed by atoms with van der Waals surface area (Å²) in [7, 11) is 0. The molecule has 1 aromatic carbocycles. The second-order valence-corrected chi connectivity index (χ2v) is 5.31. The zero-order valence-electron chi connectivity index (χ0n) is 9.92. The molecule has 0 bridgehead atoms. The Morgan fingerprint density at radius 2 is 1.89 bits per heavy atom. The van der Waals surface area contributed by atoms with Gasteiger partial charge in [-0.05, 0) is 52.7 Å². The number of nitrogens with zero attached hydrogens (tertiary/aromatic N) is 1. The van der Waals surface area contributed by atoms with Gasteiger partial charge in [-0.1, -0.05) is 11.6 Å². The highest BCUT2D eigenvalue weighted by atomic mass is 35.5. The lowest BCUT2D eigenvalue weighted by Gasteiger charge is -2.06. The number of carbonyl (C=O) groups excluding carboxylic acids is 1. The summed E-state index contributed by atoms with van der Waals surface area (Å²) >= 11 is 7.50. The van der Waals surface area contributed by atoms with Gasteiger partial charge in [0.25, 0.3) is 0 Å². The molecule has 2 aromatic heterocycles. The third-order valence-electron chi connectivity index (χ3n) is 2.97. The third-order valence-corrected chi connectivity index (χ3v) is 3.91. The standard InChI is InChI=1S/C15H10ClNOS/c16-12-1-3-13(4-2-12)17-7-5-14(15(17)9-18)11-6-8-19-10-11/h1-10H. The average Bonchev–Trinajstić information content (AvgIpc) is 3.08. The van der Waals surface area contributed by atoms with E-state index in [1.807, 2.05) is 57.9 Å². The van der Waals surface area contributed by atoms with E-state index >= 15 is 0 Å². The number of thiophene rings is 1. The SMILES string of the molecule is O=Cc1c(-c2ccsc2)ccn1-c1ccc(Cl)cc1. The summed E-state index contributed by atoms with van der Waals surface area (Å²) in [5, 5.41) is 4.72. The van der Waals surface area contributed by atoms with Gasteiger partial charge in [0.1, 0.15) is 0 Å². The maximum atomic E-state index is 11.4. The van der Waals surface area contributed by atoms with Crippen LogP contribution in [0.15, 0.2) is 53.4 Å². The van der Waals surface area contributed by atoms with Crippen molar-refractivity contribution in [2.24, 2.45) is 0 Å². The Hall–Kier alpha value is -1.84. The molecule has 0 aliphatic rings. The summed E-state index contributed by atoms with van der Waals surface area (Å²) in [6, 6.07) is 11.4. The Balaban J connectivity index is 2.13. The molecule has 0 spiro atoms. The molecular formula is C15H10ClNOS. The lowest BCUT2D eigenvalue weighted by molar-refractivity contribution is 0.111. The predicted octanol–water partition coefficient (Wildman–Crippen LogP) is 4.67. The van der Waals surface area contributed by atoms with Crippen LogP contribution in [0, 0.1) is 0 Å². The third kappa shape index (κ3) is 2.23. The van der Waals surface area contributed by atoms with Crippen LogP contribution in [0.4, 0.5) is 0 Å². The van der Waals surface area contributed by atoms with Crippen molar-refractivity contribution >= 4 is 29.2 Å². The fraction of sp³-hybridized carbons (Fsp3) is 0. The highest BCUT2D eigenvalue weighted by Crippen LogP contribution is 2.28. The minimum Gasteiger partial charge on any atom is -0.314 e. The van der Waals surface area contributed by atoms with Gasteiger partial charge < -0.3 is 4.57 Å². The summed E-state index contributed by atoms with van der Waals surface area (Å²) in [6.45, 7) is 0. The Morgan fingerprint density at radius 3 is 2.53 bits per heavy atom. The molecule has 3 rings (SSSR count). The molecule has 4 heteroatoms. The minimum absolute atomic E-state index is 0.653. The van der Waals surface area contributed by atoms with E-state index in [1.54, 1.807) is 11.3 Å². The minimum atomic E-state index is 0.653. The molecule has 0 radical (unpaired) electrons. The molecule has 19 heavy (non-hydrogen) atoms. The van der Waals surface area contributed by atoms with Gasteiger partial charge in [-0.3, -0.25) is 4.79 Å². The van der Waals surface area contributed by atoms with Crippen LogP contribution in [-0.4, -0.2) is 10.9 Å². The van der Waals surface area contributed by atoms with Crippen molar-refractivity contribution in [1.29, 1.82) is 0 Å². The number of halogens is 1. The Morgan fingerprint density at radius 1 is 1.11 bits per heavy atom.